The molecule has 210 valence electrons. The quantitative estimate of drug-likeness (QED) is 0.245. The molecular weight excluding hydrogens is 529 g/mol. The smallest absolute Gasteiger partial charge is 0.416 e. The molecule has 3 aromatic rings. The standard InChI is InChI=1S/C29H33F3N2O4S/c1-4-5-15-34(28(36)22-9-11-23(12-10-22)29(30,31)32)20-27(35)33(19-24-7-6-17-39-24)16-14-21-8-13-25(37-2)26(18-21)38-3/h6-13,17-18H,4-5,14-16,19-20H2,1-3H3. The van der Waals surface area contributed by atoms with Crippen LogP contribution in [0.5, 0.6) is 11.5 Å². The third-order valence-electron chi connectivity index (χ3n) is 6.25. The summed E-state index contributed by atoms with van der Waals surface area (Å²) in [5, 5.41) is 1.94. The fourth-order valence-electron chi connectivity index (χ4n) is 4.03. The third-order valence-corrected chi connectivity index (χ3v) is 7.11. The maximum atomic E-state index is 13.6. The van der Waals surface area contributed by atoms with Crippen LogP contribution in [0.4, 0.5) is 13.2 Å². The van der Waals surface area contributed by atoms with Gasteiger partial charge in [0, 0.05) is 23.5 Å². The van der Waals surface area contributed by atoms with Gasteiger partial charge in [0.25, 0.3) is 5.91 Å². The van der Waals surface area contributed by atoms with E-state index in [2.05, 4.69) is 0 Å². The van der Waals surface area contributed by atoms with Crippen molar-refractivity contribution in [2.24, 2.45) is 0 Å². The van der Waals surface area contributed by atoms with Crippen LogP contribution in [0, 0.1) is 0 Å². The van der Waals surface area contributed by atoms with Gasteiger partial charge in [-0.05, 0) is 66.2 Å². The van der Waals surface area contributed by atoms with Crippen molar-refractivity contribution in [2.75, 3.05) is 33.9 Å². The van der Waals surface area contributed by atoms with Crippen molar-refractivity contribution in [1.29, 1.82) is 0 Å². The highest BCUT2D eigenvalue weighted by molar-refractivity contribution is 7.09. The lowest BCUT2D eigenvalue weighted by molar-refractivity contribution is -0.137. The van der Waals surface area contributed by atoms with Crippen LogP contribution in [0.15, 0.2) is 60.0 Å². The molecule has 1 heterocycles. The SMILES string of the molecule is CCCCN(CC(=O)N(CCc1ccc(OC)c(OC)c1)Cc1cccs1)C(=O)c1ccc(C(F)(F)F)cc1. The Kier molecular flexibility index (Phi) is 10.8. The molecule has 0 saturated carbocycles. The Balaban J connectivity index is 1.78. The van der Waals surface area contributed by atoms with Crippen LogP contribution >= 0.6 is 11.3 Å². The normalized spacial score (nSPS) is 11.2. The first-order valence-corrected chi connectivity index (χ1v) is 13.5. The van der Waals surface area contributed by atoms with Gasteiger partial charge < -0.3 is 19.3 Å². The molecule has 10 heteroatoms. The zero-order valence-corrected chi connectivity index (χ0v) is 23.1. The van der Waals surface area contributed by atoms with Crippen molar-refractivity contribution in [2.45, 2.75) is 38.9 Å². The molecule has 0 aliphatic carbocycles. The van der Waals surface area contributed by atoms with Gasteiger partial charge in [0.15, 0.2) is 11.5 Å². The Morgan fingerprint density at radius 2 is 1.64 bits per heavy atom. The van der Waals surface area contributed by atoms with E-state index in [1.54, 1.807) is 19.1 Å². The zero-order valence-electron chi connectivity index (χ0n) is 22.3. The molecule has 0 aliphatic heterocycles. The first-order valence-electron chi connectivity index (χ1n) is 12.6. The van der Waals surface area contributed by atoms with E-state index in [9.17, 15) is 22.8 Å². The molecule has 0 radical (unpaired) electrons. The Hall–Kier alpha value is -3.53. The Morgan fingerprint density at radius 3 is 2.23 bits per heavy atom. The second kappa shape index (κ2) is 14.0. The van der Waals surface area contributed by atoms with Crippen LogP contribution in [0.1, 0.15) is 46.1 Å². The topological polar surface area (TPSA) is 59.1 Å². The minimum atomic E-state index is -4.49. The summed E-state index contributed by atoms with van der Waals surface area (Å²) in [5.74, 6) is 0.502. The highest BCUT2D eigenvalue weighted by Crippen LogP contribution is 2.30. The number of thiophene rings is 1. The monoisotopic (exact) mass is 562 g/mol. The highest BCUT2D eigenvalue weighted by Gasteiger charge is 2.31. The summed E-state index contributed by atoms with van der Waals surface area (Å²) < 4.78 is 49.6. The van der Waals surface area contributed by atoms with E-state index in [0.717, 1.165) is 41.1 Å². The van der Waals surface area contributed by atoms with E-state index in [1.165, 1.54) is 16.2 Å². The minimum absolute atomic E-state index is 0.113. The Bertz CT molecular complexity index is 1210. The molecular formula is C29H33F3N2O4S. The van der Waals surface area contributed by atoms with E-state index in [1.807, 2.05) is 42.6 Å². The van der Waals surface area contributed by atoms with E-state index in [4.69, 9.17) is 9.47 Å². The molecule has 0 N–H and O–H groups in total. The number of unbranched alkanes of at least 4 members (excludes halogenated alkanes) is 1. The van der Waals surface area contributed by atoms with Crippen molar-refractivity contribution in [3.63, 3.8) is 0 Å². The Labute approximate surface area is 230 Å². The molecule has 0 unspecified atom stereocenters. The highest BCUT2D eigenvalue weighted by atomic mass is 32.1. The maximum absolute atomic E-state index is 13.6. The summed E-state index contributed by atoms with van der Waals surface area (Å²) in [7, 11) is 3.13. The van der Waals surface area contributed by atoms with E-state index in [-0.39, 0.29) is 18.0 Å². The molecule has 0 aliphatic rings. The number of benzene rings is 2. The summed E-state index contributed by atoms with van der Waals surface area (Å²) in [4.78, 5) is 30.9. The molecule has 3 rings (SSSR count). The number of rotatable bonds is 13. The second-order valence-corrected chi connectivity index (χ2v) is 10.0. The van der Waals surface area contributed by atoms with Gasteiger partial charge >= 0.3 is 6.18 Å². The van der Waals surface area contributed by atoms with Crippen molar-refractivity contribution < 1.29 is 32.2 Å². The fourth-order valence-corrected chi connectivity index (χ4v) is 4.75. The van der Waals surface area contributed by atoms with Gasteiger partial charge in [-0.1, -0.05) is 25.5 Å². The number of hydrogen-bond donors (Lipinski definition) is 0. The number of carbonyl (C=O) groups is 2. The fraction of sp³-hybridized carbons (Fsp3) is 0.379. The lowest BCUT2D eigenvalue weighted by atomic mass is 10.1. The molecule has 0 spiro atoms. The van der Waals surface area contributed by atoms with Gasteiger partial charge in [0.1, 0.15) is 6.54 Å². The first-order chi connectivity index (χ1) is 18.7. The van der Waals surface area contributed by atoms with Gasteiger partial charge in [-0.3, -0.25) is 9.59 Å². The zero-order chi connectivity index (χ0) is 28.4. The number of nitrogens with zero attached hydrogens (tertiary/aromatic N) is 2. The predicted octanol–water partition coefficient (Wildman–Crippen LogP) is 6.30. The van der Waals surface area contributed by atoms with Crippen LogP contribution in [-0.2, 0) is 23.9 Å². The van der Waals surface area contributed by atoms with Crippen LogP contribution in [0.3, 0.4) is 0 Å². The number of hydrogen-bond acceptors (Lipinski definition) is 5. The molecule has 2 amide bonds. The summed E-state index contributed by atoms with van der Waals surface area (Å²) in [6.07, 6.45) is -2.48. The van der Waals surface area contributed by atoms with Gasteiger partial charge in [0.05, 0.1) is 26.3 Å². The average molecular weight is 563 g/mol. The first kappa shape index (κ1) is 30.0. The summed E-state index contributed by atoms with van der Waals surface area (Å²) >= 11 is 1.54. The number of amides is 2. The van der Waals surface area contributed by atoms with Crippen molar-refractivity contribution >= 4 is 23.2 Å². The lowest BCUT2D eigenvalue weighted by Crippen LogP contribution is -2.43. The number of carbonyl (C=O) groups excluding carboxylic acids is 2. The third kappa shape index (κ3) is 8.48. The van der Waals surface area contributed by atoms with Gasteiger partial charge in [-0.25, -0.2) is 0 Å². The van der Waals surface area contributed by atoms with Crippen LogP contribution in [0.2, 0.25) is 0 Å². The number of alkyl halides is 3. The number of halogens is 3. The second-order valence-electron chi connectivity index (χ2n) is 8.99. The minimum Gasteiger partial charge on any atom is -0.493 e. The molecule has 0 fully saturated rings. The Morgan fingerprint density at radius 1 is 0.923 bits per heavy atom. The van der Waals surface area contributed by atoms with Gasteiger partial charge in [-0.2, -0.15) is 13.2 Å². The molecule has 0 bridgehead atoms. The molecule has 0 atom stereocenters. The van der Waals surface area contributed by atoms with Crippen molar-refractivity contribution in [3.05, 3.63) is 81.5 Å². The van der Waals surface area contributed by atoms with E-state index >= 15 is 0 Å². The number of methoxy groups -OCH3 is 2. The van der Waals surface area contributed by atoms with E-state index in [0.29, 0.717) is 44.0 Å². The predicted molar refractivity (Wildman–Crippen MR) is 145 cm³/mol. The van der Waals surface area contributed by atoms with Crippen LogP contribution in [-0.4, -0.2) is 55.5 Å². The molecule has 0 saturated heterocycles. The summed E-state index contributed by atoms with van der Waals surface area (Å²) in [6.45, 7) is 2.92. The summed E-state index contributed by atoms with van der Waals surface area (Å²) in [6, 6.07) is 13.6. The van der Waals surface area contributed by atoms with Crippen LogP contribution < -0.4 is 9.47 Å². The average Bonchev–Trinajstić information content (AvgIpc) is 3.45. The molecule has 39 heavy (non-hydrogen) atoms. The van der Waals surface area contributed by atoms with Gasteiger partial charge in [-0.15, -0.1) is 11.3 Å². The summed E-state index contributed by atoms with van der Waals surface area (Å²) in [5.41, 5.74) is 0.245. The maximum Gasteiger partial charge on any atom is 0.416 e. The molecule has 2 aromatic carbocycles. The van der Waals surface area contributed by atoms with Crippen LogP contribution in [0.25, 0.3) is 0 Å². The molecule has 6 nitrogen and oxygen atoms in total. The van der Waals surface area contributed by atoms with Crippen molar-refractivity contribution in [1.82, 2.24) is 9.80 Å². The largest absolute Gasteiger partial charge is 0.493 e. The van der Waals surface area contributed by atoms with Crippen molar-refractivity contribution in [3.8, 4) is 11.5 Å². The van der Waals surface area contributed by atoms with E-state index < -0.39 is 17.6 Å². The number of ether oxygens (including phenoxy) is 2. The lowest BCUT2D eigenvalue weighted by Gasteiger charge is -2.28. The van der Waals surface area contributed by atoms with Gasteiger partial charge in [0.2, 0.25) is 5.91 Å². The molecule has 1 aromatic heterocycles.